The maximum Gasteiger partial charge on any atom is 0.159 e. The van der Waals surface area contributed by atoms with E-state index in [9.17, 15) is 14.0 Å². The van der Waals surface area contributed by atoms with Crippen LogP contribution in [-0.2, 0) is 12.0 Å². The van der Waals surface area contributed by atoms with E-state index in [1.165, 1.54) is 11.6 Å². The van der Waals surface area contributed by atoms with Crippen molar-refractivity contribution in [1.29, 1.82) is 5.26 Å². The summed E-state index contributed by atoms with van der Waals surface area (Å²) in [6, 6.07) is 17.2. The SMILES string of the molecule is CCCN(Cc1ccccc1)C(C)CCC(C#N)(c1ccc(F)c(F)c1)C1CC1. The van der Waals surface area contributed by atoms with Gasteiger partial charge in [-0.1, -0.05) is 43.3 Å². The van der Waals surface area contributed by atoms with Crippen LogP contribution < -0.4 is 0 Å². The molecule has 2 aromatic rings. The van der Waals surface area contributed by atoms with Crippen molar-refractivity contribution in [3.05, 3.63) is 71.3 Å². The molecular weight excluding hydrogens is 366 g/mol. The molecule has 1 saturated carbocycles. The summed E-state index contributed by atoms with van der Waals surface area (Å²) >= 11 is 0. The fourth-order valence-corrected chi connectivity index (χ4v) is 4.33. The molecule has 2 aromatic carbocycles. The topological polar surface area (TPSA) is 27.0 Å². The Morgan fingerprint density at radius 1 is 1.14 bits per heavy atom. The second kappa shape index (κ2) is 9.50. The van der Waals surface area contributed by atoms with Crippen molar-refractivity contribution in [2.75, 3.05) is 6.54 Å². The van der Waals surface area contributed by atoms with E-state index in [2.05, 4.69) is 49.1 Å². The smallest absolute Gasteiger partial charge is 0.159 e. The second-order valence-corrected chi connectivity index (χ2v) is 8.33. The number of benzene rings is 2. The highest BCUT2D eigenvalue weighted by molar-refractivity contribution is 5.36. The fourth-order valence-electron chi connectivity index (χ4n) is 4.33. The van der Waals surface area contributed by atoms with E-state index in [-0.39, 0.29) is 5.92 Å². The molecule has 0 N–H and O–H groups in total. The Hall–Kier alpha value is -2.25. The van der Waals surface area contributed by atoms with Crippen LogP contribution in [0.4, 0.5) is 8.78 Å². The summed E-state index contributed by atoms with van der Waals surface area (Å²) in [5.74, 6) is -1.49. The van der Waals surface area contributed by atoms with Crippen LogP contribution in [0.1, 0.15) is 57.1 Å². The number of nitrogens with zero attached hydrogens (tertiary/aromatic N) is 2. The molecule has 4 heteroatoms. The van der Waals surface area contributed by atoms with Crippen LogP contribution in [0.5, 0.6) is 0 Å². The highest BCUT2D eigenvalue weighted by Crippen LogP contribution is 2.50. The molecule has 3 rings (SSSR count). The van der Waals surface area contributed by atoms with Gasteiger partial charge in [0.25, 0.3) is 0 Å². The molecule has 1 aliphatic carbocycles. The normalized spacial score (nSPS) is 17.0. The van der Waals surface area contributed by atoms with Gasteiger partial charge in [0.15, 0.2) is 11.6 Å². The van der Waals surface area contributed by atoms with Gasteiger partial charge in [-0.3, -0.25) is 4.90 Å². The van der Waals surface area contributed by atoms with E-state index in [0.717, 1.165) is 44.8 Å². The van der Waals surface area contributed by atoms with Crippen LogP contribution in [0.15, 0.2) is 48.5 Å². The predicted octanol–water partition coefficient (Wildman–Crippen LogP) is 6.22. The van der Waals surface area contributed by atoms with E-state index in [0.29, 0.717) is 18.0 Å². The Morgan fingerprint density at radius 2 is 1.86 bits per heavy atom. The van der Waals surface area contributed by atoms with Gasteiger partial charge in [-0.05, 0) is 74.8 Å². The van der Waals surface area contributed by atoms with E-state index in [4.69, 9.17) is 0 Å². The summed E-state index contributed by atoms with van der Waals surface area (Å²) < 4.78 is 27.4. The van der Waals surface area contributed by atoms with Gasteiger partial charge in [0.1, 0.15) is 0 Å². The Morgan fingerprint density at radius 3 is 2.45 bits per heavy atom. The summed E-state index contributed by atoms with van der Waals surface area (Å²) in [7, 11) is 0. The quantitative estimate of drug-likeness (QED) is 0.477. The van der Waals surface area contributed by atoms with Crippen molar-refractivity contribution < 1.29 is 8.78 Å². The molecule has 1 aliphatic rings. The molecule has 2 atom stereocenters. The Balaban J connectivity index is 1.75. The Bertz CT molecular complexity index is 842. The first kappa shape index (κ1) is 21.5. The van der Waals surface area contributed by atoms with Gasteiger partial charge in [-0.2, -0.15) is 5.26 Å². The molecular formula is C25H30F2N2. The summed E-state index contributed by atoms with van der Waals surface area (Å²) in [4.78, 5) is 2.45. The van der Waals surface area contributed by atoms with Gasteiger partial charge < -0.3 is 0 Å². The third-order valence-corrected chi connectivity index (χ3v) is 6.23. The van der Waals surface area contributed by atoms with E-state index in [1.54, 1.807) is 6.07 Å². The summed E-state index contributed by atoms with van der Waals surface area (Å²) in [5.41, 5.74) is 1.17. The first-order chi connectivity index (χ1) is 14.0. The number of hydrogen-bond acceptors (Lipinski definition) is 2. The molecule has 0 spiro atoms. The molecule has 0 aromatic heterocycles. The van der Waals surface area contributed by atoms with Crippen LogP contribution in [-0.4, -0.2) is 17.5 Å². The van der Waals surface area contributed by atoms with Crippen molar-refractivity contribution in [3.8, 4) is 6.07 Å². The maximum atomic E-state index is 13.9. The molecule has 0 amide bonds. The average Bonchev–Trinajstić information content (AvgIpc) is 3.57. The van der Waals surface area contributed by atoms with Gasteiger partial charge in [0, 0.05) is 12.6 Å². The molecule has 2 nitrogen and oxygen atoms in total. The minimum absolute atomic E-state index is 0.235. The van der Waals surface area contributed by atoms with Crippen molar-refractivity contribution >= 4 is 0 Å². The number of nitriles is 1. The van der Waals surface area contributed by atoms with E-state index >= 15 is 0 Å². The van der Waals surface area contributed by atoms with Crippen LogP contribution in [0, 0.1) is 28.9 Å². The minimum atomic E-state index is -0.868. The van der Waals surface area contributed by atoms with Gasteiger partial charge >= 0.3 is 0 Å². The first-order valence-corrected chi connectivity index (χ1v) is 10.6. The lowest BCUT2D eigenvalue weighted by molar-refractivity contribution is 0.180. The standard InChI is InChI=1S/C25H30F2N2/c1-3-15-29(17-20-7-5-4-6-8-20)19(2)13-14-25(18-28,21-9-10-21)22-11-12-23(26)24(27)16-22/h4-8,11-12,16,19,21H,3,9-10,13-15,17H2,1-2H3. The third kappa shape index (κ3) is 5.03. The average molecular weight is 397 g/mol. The van der Waals surface area contributed by atoms with E-state index in [1.807, 2.05) is 6.07 Å². The van der Waals surface area contributed by atoms with Crippen molar-refractivity contribution in [1.82, 2.24) is 4.90 Å². The molecule has 154 valence electrons. The summed E-state index contributed by atoms with van der Waals surface area (Å²) in [6.45, 7) is 6.25. The Labute approximate surface area is 173 Å². The number of hydrogen-bond donors (Lipinski definition) is 0. The molecule has 0 heterocycles. The van der Waals surface area contributed by atoms with Gasteiger partial charge in [-0.25, -0.2) is 8.78 Å². The predicted molar refractivity (Wildman–Crippen MR) is 112 cm³/mol. The lowest BCUT2D eigenvalue weighted by Gasteiger charge is -2.33. The van der Waals surface area contributed by atoms with Gasteiger partial charge in [0.05, 0.1) is 11.5 Å². The number of halogens is 2. The van der Waals surface area contributed by atoms with Crippen LogP contribution >= 0.6 is 0 Å². The molecule has 0 radical (unpaired) electrons. The zero-order valence-electron chi connectivity index (χ0n) is 17.4. The highest BCUT2D eigenvalue weighted by Gasteiger charge is 2.47. The summed E-state index contributed by atoms with van der Waals surface area (Å²) in [6.07, 6.45) is 4.52. The molecule has 0 aliphatic heterocycles. The fraction of sp³-hybridized carbons (Fsp3) is 0.480. The van der Waals surface area contributed by atoms with Gasteiger partial charge in [-0.15, -0.1) is 0 Å². The van der Waals surface area contributed by atoms with Gasteiger partial charge in [0.2, 0.25) is 0 Å². The second-order valence-electron chi connectivity index (χ2n) is 8.33. The molecule has 1 fully saturated rings. The molecule has 0 saturated heterocycles. The largest absolute Gasteiger partial charge is 0.296 e. The monoisotopic (exact) mass is 396 g/mol. The molecule has 29 heavy (non-hydrogen) atoms. The summed E-state index contributed by atoms with van der Waals surface area (Å²) in [5, 5.41) is 10.1. The van der Waals surface area contributed by atoms with Crippen molar-refractivity contribution in [2.45, 2.75) is 64.0 Å². The third-order valence-electron chi connectivity index (χ3n) is 6.23. The molecule has 0 bridgehead atoms. The lowest BCUT2D eigenvalue weighted by Crippen LogP contribution is -2.36. The number of rotatable bonds is 10. The lowest BCUT2D eigenvalue weighted by atomic mass is 9.73. The van der Waals surface area contributed by atoms with Crippen LogP contribution in [0.2, 0.25) is 0 Å². The van der Waals surface area contributed by atoms with Crippen LogP contribution in [0.25, 0.3) is 0 Å². The van der Waals surface area contributed by atoms with Crippen molar-refractivity contribution in [3.63, 3.8) is 0 Å². The zero-order chi connectivity index (χ0) is 20.9. The minimum Gasteiger partial charge on any atom is -0.296 e. The maximum absolute atomic E-state index is 13.9. The molecule has 2 unspecified atom stereocenters. The zero-order valence-corrected chi connectivity index (χ0v) is 17.4. The van der Waals surface area contributed by atoms with E-state index < -0.39 is 17.0 Å². The first-order valence-electron chi connectivity index (χ1n) is 10.6. The van der Waals surface area contributed by atoms with Crippen molar-refractivity contribution in [2.24, 2.45) is 5.92 Å². The van der Waals surface area contributed by atoms with Crippen LogP contribution in [0.3, 0.4) is 0 Å². The Kier molecular flexibility index (Phi) is 7.03. The highest BCUT2D eigenvalue weighted by atomic mass is 19.2.